The number of hydrogen-bond acceptors (Lipinski definition) is 3. The molecule has 4 nitrogen and oxygen atoms in total. The van der Waals surface area contributed by atoms with Crippen molar-refractivity contribution in [2.24, 2.45) is 5.92 Å². The van der Waals surface area contributed by atoms with Crippen LogP contribution in [0.1, 0.15) is 19.4 Å². The van der Waals surface area contributed by atoms with Gasteiger partial charge in [-0.2, -0.15) is 17.5 Å². The molecule has 0 spiro atoms. The molecule has 23 heavy (non-hydrogen) atoms. The first-order chi connectivity index (χ1) is 10.6. The van der Waals surface area contributed by atoms with Crippen molar-refractivity contribution in [1.82, 2.24) is 9.21 Å². The smallest absolute Gasteiger partial charge is 0.300 e. The summed E-state index contributed by atoms with van der Waals surface area (Å²) in [6.45, 7) is 7.10. The maximum atomic E-state index is 12.6. The van der Waals surface area contributed by atoms with Crippen molar-refractivity contribution in [3.05, 3.63) is 29.8 Å². The molecule has 1 saturated heterocycles. The van der Waals surface area contributed by atoms with E-state index in [0.717, 1.165) is 30.8 Å². The summed E-state index contributed by atoms with van der Waals surface area (Å²) in [5, 5.41) is 0. The fourth-order valence-corrected chi connectivity index (χ4v) is 4.06. The van der Waals surface area contributed by atoms with Gasteiger partial charge in [0.25, 0.3) is 0 Å². The van der Waals surface area contributed by atoms with E-state index in [-0.39, 0.29) is 4.90 Å². The molecule has 2 rings (SSSR count). The molecule has 1 aliphatic rings. The second-order valence-electron chi connectivity index (χ2n) is 6.12. The minimum atomic E-state index is -4.47. The standard InChI is InChI=1S/C15H21F3N2O2S/c1-12(2)11-19-7-9-20(10-8-19)23(21,22)14-5-3-13(4-6-14)15(16,17)18/h3-6,12H,7-11H2,1-2H3. The number of piperazine rings is 1. The zero-order valence-corrected chi connectivity index (χ0v) is 14.0. The maximum absolute atomic E-state index is 12.6. The third-order valence-corrected chi connectivity index (χ3v) is 5.69. The van der Waals surface area contributed by atoms with E-state index in [2.05, 4.69) is 18.7 Å². The molecular weight excluding hydrogens is 329 g/mol. The molecule has 0 aromatic heterocycles. The largest absolute Gasteiger partial charge is 0.416 e. The average molecular weight is 350 g/mol. The highest BCUT2D eigenvalue weighted by Gasteiger charge is 2.32. The molecule has 1 aromatic carbocycles. The number of benzene rings is 1. The molecular formula is C15H21F3N2O2S. The van der Waals surface area contributed by atoms with Crippen molar-refractivity contribution >= 4 is 10.0 Å². The summed E-state index contributed by atoms with van der Waals surface area (Å²) in [7, 11) is -3.74. The van der Waals surface area contributed by atoms with E-state index in [4.69, 9.17) is 0 Å². The molecule has 0 N–H and O–H groups in total. The summed E-state index contributed by atoms with van der Waals surface area (Å²) in [6, 6.07) is 3.67. The van der Waals surface area contributed by atoms with Gasteiger partial charge in [0.15, 0.2) is 0 Å². The fourth-order valence-electron chi connectivity index (χ4n) is 2.63. The van der Waals surface area contributed by atoms with Crippen LogP contribution in [0.4, 0.5) is 13.2 Å². The van der Waals surface area contributed by atoms with Gasteiger partial charge in [-0.15, -0.1) is 0 Å². The van der Waals surface area contributed by atoms with Gasteiger partial charge >= 0.3 is 6.18 Å². The van der Waals surface area contributed by atoms with E-state index in [1.807, 2.05) is 0 Å². The SMILES string of the molecule is CC(C)CN1CCN(S(=O)(=O)c2ccc(C(F)(F)F)cc2)CC1. The van der Waals surface area contributed by atoms with Gasteiger partial charge < -0.3 is 4.90 Å². The zero-order valence-electron chi connectivity index (χ0n) is 13.2. The Kier molecular flexibility index (Phi) is 5.37. The monoisotopic (exact) mass is 350 g/mol. The minimum absolute atomic E-state index is 0.0946. The first-order valence-corrected chi connectivity index (χ1v) is 8.94. The highest BCUT2D eigenvalue weighted by molar-refractivity contribution is 7.89. The van der Waals surface area contributed by atoms with Crippen LogP contribution in [0.15, 0.2) is 29.2 Å². The van der Waals surface area contributed by atoms with Gasteiger partial charge in [-0.3, -0.25) is 0 Å². The number of halogens is 3. The molecule has 0 aliphatic carbocycles. The summed E-state index contributed by atoms with van der Waals surface area (Å²) in [5.41, 5.74) is -0.849. The Morgan fingerprint density at radius 1 is 1.04 bits per heavy atom. The van der Waals surface area contributed by atoms with Gasteiger partial charge in [-0.1, -0.05) is 13.8 Å². The Hall–Kier alpha value is -1.12. The molecule has 0 atom stereocenters. The quantitative estimate of drug-likeness (QED) is 0.838. The lowest BCUT2D eigenvalue weighted by Crippen LogP contribution is -2.49. The van der Waals surface area contributed by atoms with E-state index < -0.39 is 21.8 Å². The summed E-state index contributed by atoms with van der Waals surface area (Å²) in [4.78, 5) is 2.10. The maximum Gasteiger partial charge on any atom is 0.416 e. The Morgan fingerprint density at radius 3 is 2.00 bits per heavy atom. The Bertz CT molecular complexity index is 619. The topological polar surface area (TPSA) is 40.6 Å². The van der Waals surface area contributed by atoms with Gasteiger partial charge in [0.2, 0.25) is 10.0 Å². The fraction of sp³-hybridized carbons (Fsp3) is 0.600. The molecule has 130 valence electrons. The van der Waals surface area contributed by atoms with Gasteiger partial charge in [0, 0.05) is 32.7 Å². The van der Waals surface area contributed by atoms with Crippen LogP contribution in [0, 0.1) is 5.92 Å². The van der Waals surface area contributed by atoms with E-state index in [1.165, 1.54) is 4.31 Å². The summed E-state index contributed by atoms with van der Waals surface area (Å²) in [6.07, 6.45) is -4.47. The van der Waals surface area contributed by atoms with E-state index in [1.54, 1.807) is 0 Å². The lowest BCUT2D eigenvalue weighted by molar-refractivity contribution is -0.137. The number of alkyl halides is 3. The average Bonchev–Trinajstić information content (AvgIpc) is 2.46. The molecule has 8 heteroatoms. The van der Waals surface area contributed by atoms with Gasteiger partial charge in [0.05, 0.1) is 10.5 Å². The van der Waals surface area contributed by atoms with Gasteiger partial charge in [-0.25, -0.2) is 8.42 Å². The van der Waals surface area contributed by atoms with Crippen LogP contribution in [0.25, 0.3) is 0 Å². The molecule has 1 heterocycles. The highest BCUT2D eigenvalue weighted by atomic mass is 32.2. The van der Waals surface area contributed by atoms with Crippen LogP contribution >= 0.6 is 0 Å². The van der Waals surface area contributed by atoms with Crippen molar-refractivity contribution in [1.29, 1.82) is 0 Å². The van der Waals surface area contributed by atoms with E-state index in [0.29, 0.717) is 32.1 Å². The molecule has 1 fully saturated rings. The number of rotatable bonds is 4. The molecule has 0 radical (unpaired) electrons. The third kappa shape index (κ3) is 4.45. The van der Waals surface area contributed by atoms with Crippen LogP contribution in [-0.4, -0.2) is 50.3 Å². The molecule has 0 saturated carbocycles. The summed E-state index contributed by atoms with van der Waals surface area (Å²) in [5.74, 6) is 0.507. The summed E-state index contributed by atoms with van der Waals surface area (Å²) >= 11 is 0. The number of nitrogens with zero attached hydrogens (tertiary/aromatic N) is 2. The number of sulfonamides is 1. The van der Waals surface area contributed by atoms with Crippen LogP contribution in [-0.2, 0) is 16.2 Å². The second-order valence-corrected chi connectivity index (χ2v) is 8.06. The molecule has 0 bridgehead atoms. The molecule has 1 aliphatic heterocycles. The molecule has 1 aromatic rings. The van der Waals surface area contributed by atoms with Crippen molar-refractivity contribution in [2.45, 2.75) is 24.9 Å². The van der Waals surface area contributed by atoms with Crippen LogP contribution < -0.4 is 0 Å². The van der Waals surface area contributed by atoms with Crippen molar-refractivity contribution in [2.75, 3.05) is 32.7 Å². The first-order valence-electron chi connectivity index (χ1n) is 7.50. The highest BCUT2D eigenvalue weighted by Crippen LogP contribution is 2.30. The normalized spacial score (nSPS) is 18.5. The van der Waals surface area contributed by atoms with Crippen LogP contribution in [0.3, 0.4) is 0 Å². The Balaban J connectivity index is 2.08. The van der Waals surface area contributed by atoms with Gasteiger partial charge in [-0.05, 0) is 30.2 Å². The second kappa shape index (κ2) is 6.78. The molecule has 0 unspecified atom stereocenters. The Morgan fingerprint density at radius 2 is 1.57 bits per heavy atom. The molecule has 0 amide bonds. The lowest BCUT2D eigenvalue weighted by Gasteiger charge is -2.34. The van der Waals surface area contributed by atoms with Crippen molar-refractivity contribution in [3.63, 3.8) is 0 Å². The zero-order chi connectivity index (χ0) is 17.3. The van der Waals surface area contributed by atoms with Gasteiger partial charge in [0.1, 0.15) is 0 Å². The predicted molar refractivity (Wildman–Crippen MR) is 81.5 cm³/mol. The third-order valence-electron chi connectivity index (χ3n) is 3.77. The Labute approximate surface area is 134 Å². The van der Waals surface area contributed by atoms with E-state index in [9.17, 15) is 21.6 Å². The number of hydrogen-bond donors (Lipinski definition) is 0. The predicted octanol–water partition coefficient (Wildman–Crippen LogP) is 2.67. The van der Waals surface area contributed by atoms with E-state index >= 15 is 0 Å². The van der Waals surface area contributed by atoms with Crippen LogP contribution in [0.5, 0.6) is 0 Å². The first kappa shape index (κ1) is 18.2. The lowest BCUT2D eigenvalue weighted by atomic mass is 10.2. The van der Waals surface area contributed by atoms with Crippen molar-refractivity contribution < 1.29 is 21.6 Å². The van der Waals surface area contributed by atoms with Crippen molar-refractivity contribution in [3.8, 4) is 0 Å². The summed E-state index contributed by atoms with van der Waals surface area (Å²) < 4.78 is 64.0. The minimum Gasteiger partial charge on any atom is -0.300 e. The van der Waals surface area contributed by atoms with Crippen LogP contribution in [0.2, 0.25) is 0 Å².